The van der Waals surface area contributed by atoms with Gasteiger partial charge in [0, 0.05) is 58.2 Å². The highest BCUT2D eigenvalue weighted by Gasteiger charge is 2.51. The maximum Gasteiger partial charge on any atom is 0.410 e. The summed E-state index contributed by atoms with van der Waals surface area (Å²) in [7, 11) is 1.76. The highest BCUT2D eigenvalue weighted by atomic mass is 32.1. The lowest BCUT2D eigenvalue weighted by Crippen LogP contribution is -2.72. The Bertz CT molecular complexity index is 1570. The molecule has 4 heterocycles. The van der Waals surface area contributed by atoms with Gasteiger partial charge in [0.05, 0.1) is 11.7 Å². The predicted molar refractivity (Wildman–Crippen MR) is 146 cm³/mol. The monoisotopic (exact) mass is 588 g/mol. The van der Waals surface area contributed by atoms with E-state index in [1.54, 1.807) is 35.7 Å². The van der Waals surface area contributed by atoms with E-state index < -0.39 is 40.5 Å². The zero-order chi connectivity index (χ0) is 29.6. The van der Waals surface area contributed by atoms with Crippen molar-refractivity contribution in [3.63, 3.8) is 0 Å². The minimum Gasteiger partial charge on any atom is -0.502 e. The molecule has 1 spiro atoms. The van der Waals surface area contributed by atoms with Gasteiger partial charge in [0.25, 0.3) is 5.91 Å². The van der Waals surface area contributed by atoms with Gasteiger partial charge in [-0.25, -0.2) is 13.6 Å². The number of pyridine rings is 1. The van der Waals surface area contributed by atoms with Crippen LogP contribution in [0.3, 0.4) is 0 Å². The number of carbonyl (C=O) groups excluding carboxylic acids is 2. The van der Waals surface area contributed by atoms with Crippen molar-refractivity contribution in [2.24, 2.45) is 0 Å². The highest BCUT2D eigenvalue weighted by Crippen LogP contribution is 2.38. The van der Waals surface area contributed by atoms with E-state index in [4.69, 9.17) is 4.74 Å². The second-order valence-corrected chi connectivity index (χ2v) is 11.4. The number of hydrogen-bond acceptors (Lipinski definition) is 9. The lowest BCUT2D eigenvalue weighted by molar-refractivity contribution is -0.00364. The fraction of sp³-hybridized carbons (Fsp3) is 0.444. The molecular formula is C27H30F2N6O5S. The Morgan fingerprint density at radius 3 is 2.54 bits per heavy atom. The van der Waals surface area contributed by atoms with E-state index in [1.165, 1.54) is 16.9 Å². The first-order valence-electron chi connectivity index (χ1n) is 13.2. The van der Waals surface area contributed by atoms with Gasteiger partial charge in [-0.05, 0) is 32.4 Å². The summed E-state index contributed by atoms with van der Waals surface area (Å²) in [6.07, 6.45) is 1.62. The minimum atomic E-state index is -0.835. The van der Waals surface area contributed by atoms with E-state index in [-0.39, 0.29) is 34.4 Å². The number of hydrogen-bond donors (Lipinski definition) is 1. The van der Waals surface area contributed by atoms with E-state index in [9.17, 15) is 28.3 Å². The normalized spacial score (nSPS) is 16.5. The summed E-state index contributed by atoms with van der Waals surface area (Å²) in [6.45, 7) is 6.37. The molecule has 1 saturated heterocycles. The first-order valence-corrected chi connectivity index (χ1v) is 14.1. The third kappa shape index (κ3) is 4.89. The number of rotatable bonds is 5. The van der Waals surface area contributed by atoms with Crippen LogP contribution in [-0.2, 0) is 11.2 Å². The minimum absolute atomic E-state index is 0.0206. The molecule has 0 saturated carbocycles. The van der Waals surface area contributed by atoms with Crippen molar-refractivity contribution < 1.29 is 28.2 Å². The number of ether oxygens (including phenoxy) is 1. The van der Waals surface area contributed by atoms with Crippen LogP contribution in [0.15, 0.2) is 29.2 Å². The molecule has 14 heteroatoms. The molecule has 3 aromatic rings. The van der Waals surface area contributed by atoms with Crippen LogP contribution in [0.4, 0.5) is 13.6 Å². The van der Waals surface area contributed by atoms with Gasteiger partial charge in [-0.1, -0.05) is 17.4 Å². The van der Waals surface area contributed by atoms with Crippen LogP contribution in [0.2, 0.25) is 0 Å². The molecule has 2 aliphatic heterocycles. The molecule has 0 aliphatic carbocycles. The van der Waals surface area contributed by atoms with Crippen LogP contribution in [-0.4, -0.2) is 80.2 Å². The van der Waals surface area contributed by atoms with Crippen molar-refractivity contribution in [2.75, 3.05) is 31.7 Å². The number of aromatic nitrogens is 3. The first kappa shape index (κ1) is 28.5. The van der Waals surface area contributed by atoms with E-state index in [0.29, 0.717) is 37.5 Å². The van der Waals surface area contributed by atoms with Crippen LogP contribution in [0, 0.1) is 11.6 Å². The molecule has 2 aliphatic rings. The Balaban J connectivity index is 1.49. The van der Waals surface area contributed by atoms with E-state index in [1.807, 2.05) is 6.92 Å². The molecule has 1 fully saturated rings. The third-order valence-electron chi connectivity index (χ3n) is 7.57. The van der Waals surface area contributed by atoms with Gasteiger partial charge in [0.15, 0.2) is 16.5 Å². The number of fused-ring (bicyclic) bond motifs is 1. The summed E-state index contributed by atoms with van der Waals surface area (Å²) in [4.78, 5) is 42.7. The maximum absolute atomic E-state index is 14.2. The standard InChI is InChI=1S/C27H30F2N6O5S/c1-5-34-25(38)21-23(37)22(36)18(24-31-30-20(41-24)12-16-6-7-17(28)13-19(16)29)14-35(21)32(4)27(34)8-10-33(11-9-27)26(39)40-15(2)3/h6-7,13-15,37H,5,8-12H2,1-4H3. The molecule has 11 nitrogen and oxygen atoms in total. The number of halogens is 2. The van der Waals surface area contributed by atoms with Gasteiger partial charge in [0.2, 0.25) is 5.43 Å². The molecule has 0 radical (unpaired) electrons. The Morgan fingerprint density at radius 2 is 1.90 bits per heavy atom. The molecule has 1 N–H and O–H groups in total. The zero-order valence-corrected chi connectivity index (χ0v) is 23.9. The van der Waals surface area contributed by atoms with Gasteiger partial charge in [0.1, 0.15) is 22.3 Å². The van der Waals surface area contributed by atoms with Crippen molar-refractivity contribution in [3.05, 3.63) is 62.5 Å². The maximum atomic E-state index is 14.2. The average molecular weight is 589 g/mol. The van der Waals surface area contributed by atoms with Crippen LogP contribution in [0.25, 0.3) is 10.6 Å². The number of likely N-dealkylation sites (tertiary alicyclic amines) is 1. The number of piperidine rings is 1. The van der Waals surface area contributed by atoms with Gasteiger partial charge in [-0.3, -0.25) is 19.3 Å². The van der Waals surface area contributed by atoms with E-state index >= 15 is 0 Å². The summed E-state index contributed by atoms with van der Waals surface area (Å²) in [5.74, 6) is -2.63. The molecule has 0 bridgehead atoms. The highest BCUT2D eigenvalue weighted by molar-refractivity contribution is 7.14. The molecular weight excluding hydrogens is 558 g/mol. The molecule has 2 amide bonds. The Kier molecular flexibility index (Phi) is 7.45. The van der Waals surface area contributed by atoms with Crippen LogP contribution >= 0.6 is 11.3 Å². The van der Waals surface area contributed by atoms with Crippen molar-refractivity contribution >= 4 is 23.3 Å². The number of aromatic hydroxyl groups is 1. The second-order valence-electron chi connectivity index (χ2n) is 10.3. The van der Waals surface area contributed by atoms with E-state index in [0.717, 1.165) is 23.5 Å². The van der Waals surface area contributed by atoms with Crippen molar-refractivity contribution in [3.8, 4) is 16.3 Å². The quantitative estimate of drug-likeness (QED) is 0.482. The third-order valence-corrected chi connectivity index (χ3v) is 8.53. The van der Waals surface area contributed by atoms with Crippen LogP contribution in [0.1, 0.15) is 54.7 Å². The number of carbonyl (C=O) groups is 2. The average Bonchev–Trinajstić information content (AvgIpc) is 3.39. The number of amides is 2. The first-order chi connectivity index (χ1) is 19.5. The molecule has 218 valence electrons. The summed E-state index contributed by atoms with van der Waals surface area (Å²) < 4.78 is 34.3. The van der Waals surface area contributed by atoms with Crippen LogP contribution < -0.4 is 10.4 Å². The van der Waals surface area contributed by atoms with Crippen molar-refractivity contribution in [1.29, 1.82) is 0 Å². The summed E-state index contributed by atoms with van der Waals surface area (Å²) in [5, 5.41) is 21.5. The SMILES string of the molecule is CCN1C(=O)c2c(O)c(=O)c(-c3nnc(Cc4ccc(F)cc4F)s3)cn2N(C)C12CCN(C(=O)OC(C)C)CC2. The fourth-order valence-corrected chi connectivity index (χ4v) is 6.36. The number of nitrogens with zero attached hydrogens (tertiary/aromatic N) is 6. The lowest BCUT2D eigenvalue weighted by atomic mass is 9.92. The molecule has 5 rings (SSSR count). The molecule has 2 aromatic heterocycles. The zero-order valence-electron chi connectivity index (χ0n) is 23.1. The summed E-state index contributed by atoms with van der Waals surface area (Å²) >= 11 is 1.03. The number of benzene rings is 1. The lowest BCUT2D eigenvalue weighted by Gasteiger charge is -2.56. The summed E-state index contributed by atoms with van der Waals surface area (Å²) in [6, 6.07) is 3.25. The van der Waals surface area contributed by atoms with Crippen molar-refractivity contribution in [2.45, 2.75) is 51.8 Å². The second kappa shape index (κ2) is 10.7. The molecule has 41 heavy (non-hydrogen) atoms. The molecule has 0 unspecified atom stereocenters. The Morgan fingerprint density at radius 1 is 1.20 bits per heavy atom. The van der Waals surface area contributed by atoms with Gasteiger partial charge < -0.3 is 19.6 Å². The van der Waals surface area contributed by atoms with Crippen molar-refractivity contribution in [1.82, 2.24) is 24.7 Å². The topological polar surface area (TPSA) is 121 Å². The predicted octanol–water partition coefficient (Wildman–Crippen LogP) is 3.32. The van der Waals surface area contributed by atoms with E-state index in [2.05, 4.69) is 10.2 Å². The molecule has 0 atom stereocenters. The largest absolute Gasteiger partial charge is 0.502 e. The van der Waals surface area contributed by atoms with Crippen LogP contribution in [0.5, 0.6) is 5.75 Å². The van der Waals surface area contributed by atoms with Gasteiger partial charge in [-0.2, -0.15) is 0 Å². The Labute approximate surface area is 238 Å². The Hall–Kier alpha value is -4.07. The fourth-order valence-electron chi connectivity index (χ4n) is 5.49. The molecule has 1 aromatic carbocycles. The smallest absolute Gasteiger partial charge is 0.410 e. The van der Waals surface area contributed by atoms with Gasteiger partial charge in [-0.15, -0.1) is 10.2 Å². The summed E-state index contributed by atoms with van der Waals surface area (Å²) in [5.41, 5.74) is -1.55. The van der Waals surface area contributed by atoms with Gasteiger partial charge >= 0.3 is 6.09 Å².